The van der Waals surface area contributed by atoms with Crippen LogP contribution in [-0.2, 0) is 4.79 Å². The van der Waals surface area contributed by atoms with Crippen molar-refractivity contribution in [2.45, 2.75) is 26.1 Å². The summed E-state index contributed by atoms with van der Waals surface area (Å²) in [5.41, 5.74) is 0. The van der Waals surface area contributed by atoms with Crippen molar-refractivity contribution in [3.63, 3.8) is 0 Å². The second-order valence-corrected chi connectivity index (χ2v) is 3.58. The Bertz CT molecular complexity index is 165. The molecule has 0 aromatic rings. The third kappa shape index (κ3) is 2.76. The van der Waals surface area contributed by atoms with Gasteiger partial charge >= 0.3 is 0 Å². The summed E-state index contributed by atoms with van der Waals surface area (Å²) in [6.45, 7) is 7.10. The van der Waals surface area contributed by atoms with E-state index in [1.807, 2.05) is 11.8 Å². The topological polar surface area (TPSA) is 43.8 Å². The van der Waals surface area contributed by atoms with Gasteiger partial charge in [-0.25, -0.2) is 0 Å². The van der Waals surface area contributed by atoms with Crippen LogP contribution in [0.1, 0.15) is 13.8 Å². The summed E-state index contributed by atoms with van der Waals surface area (Å²) in [5.74, 6) is 0. The summed E-state index contributed by atoms with van der Waals surface area (Å²) in [7, 11) is 0. The van der Waals surface area contributed by atoms with Gasteiger partial charge in [-0.1, -0.05) is 0 Å². The Balaban J connectivity index is 2.34. The van der Waals surface area contributed by atoms with E-state index in [4.69, 9.17) is 0 Å². The van der Waals surface area contributed by atoms with Gasteiger partial charge in [0.2, 0.25) is 0 Å². The summed E-state index contributed by atoms with van der Waals surface area (Å²) in [6.07, 6.45) is 0.603. The molecule has 0 amide bonds. The lowest BCUT2D eigenvalue weighted by atomic mass is 10.2. The lowest BCUT2D eigenvalue weighted by molar-refractivity contribution is -0.113. The summed E-state index contributed by atoms with van der Waals surface area (Å²) in [5, 5.41) is 9.30. The largest absolute Gasteiger partial charge is 0.379 e. The summed E-state index contributed by atoms with van der Waals surface area (Å²) >= 11 is 0. The summed E-state index contributed by atoms with van der Waals surface area (Å²) < 4.78 is 0. The van der Waals surface area contributed by atoms with Gasteiger partial charge in [0.1, 0.15) is 12.5 Å². The minimum atomic E-state index is -0.367. The molecule has 0 aromatic carbocycles. The van der Waals surface area contributed by atoms with E-state index in [9.17, 15) is 9.90 Å². The first-order chi connectivity index (χ1) is 6.15. The van der Waals surface area contributed by atoms with E-state index < -0.39 is 0 Å². The molecular weight excluding hydrogens is 168 g/mol. The molecule has 2 atom stereocenters. The number of nitrogens with zero attached hydrogens (tertiary/aromatic N) is 2. The summed E-state index contributed by atoms with van der Waals surface area (Å²) in [4.78, 5) is 14.7. The molecule has 76 valence electrons. The quantitative estimate of drug-likeness (QED) is 0.605. The first kappa shape index (κ1) is 10.6. The van der Waals surface area contributed by atoms with Crippen molar-refractivity contribution >= 4 is 6.29 Å². The molecule has 13 heavy (non-hydrogen) atoms. The number of hydrogen-bond acceptors (Lipinski definition) is 4. The normalized spacial score (nSPS) is 25.5. The number of piperazine rings is 1. The Morgan fingerprint density at radius 3 is 2.00 bits per heavy atom. The first-order valence-corrected chi connectivity index (χ1v) is 4.76. The maximum atomic E-state index is 10.5. The summed E-state index contributed by atoms with van der Waals surface area (Å²) in [6, 6.07) is 0.0103. The zero-order valence-corrected chi connectivity index (χ0v) is 8.31. The average Bonchev–Trinajstić information content (AvgIpc) is 2.17. The monoisotopic (exact) mass is 186 g/mol. The molecule has 1 fully saturated rings. The van der Waals surface area contributed by atoms with Gasteiger partial charge in [-0.3, -0.25) is 9.80 Å². The van der Waals surface area contributed by atoms with E-state index in [-0.39, 0.29) is 12.3 Å². The van der Waals surface area contributed by atoms with Gasteiger partial charge in [0.15, 0.2) is 0 Å². The van der Waals surface area contributed by atoms with Crippen LogP contribution in [0.15, 0.2) is 0 Å². The average molecular weight is 186 g/mol. The van der Waals surface area contributed by atoms with E-state index in [0.29, 0.717) is 0 Å². The van der Waals surface area contributed by atoms with Gasteiger partial charge in [-0.2, -0.15) is 0 Å². The van der Waals surface area contributed by atoms with Gasteiger partial charge in [0.25, 0.3) is 0 Å². The van der Waals surface area contributed by atoms with Crippen LogP contribution in [0.5, 0.6) is 0 Å². The van der Waals surface area contributed by atoms with Gasteiger partial charge in [0.05, 0.1) is 6.04 Å². The molecule has 1 aliphatic rings. The van der Waals surface area contributed by atoms with Crippen molar-refractivity contribution in [1.82, 2.24) is 9.80 Å². The molecule has 0 saturated carbocycles. The smallest absolute Gasteiger partial charge is 0.136 e. The molecule has 4 heteroatoms. The van der Waals surface area contributed by atoms with Crippen LogP contribution >= 0.6 is 0 Å². The lowest BCUT2D eigenvalue weighted by Gasteiger charge is -2.37. The number of aldehydes is 1. The van der Waals surface area contributed by atoms with Crippen molar-refractivity contribution in [1.29, 1.82) is 0 Å². The van der Waals surface area contributed by atoms with E-state index in [1.165, 1.54) is 0 Å². The molecule has 0 aliphatic carbocycles. The fourth-order valence-electron chi connectivity index (χ4n) is 1.60. The Labute approximate surface area is 79.1 Å². The third-order valence-corrected chi connectivity index (χ3v) is 2.65. The minimum absolute atomic E-state index is 0.0103. The van der Waals surface area contributed by atoms with E-state index in [2.05, 4.69) is 4.90 Å². The standard InChI is InChI=1S/C9H18N2O2/c1-8(7-12)10-3-5-11(6-4-10)9(2)13/h7-9,13H,3-6H2,1-2H3. The highest BCUT2D eigenvalue weighted by molar-refractivity contribution is 5.56. The van der Waals surface area contributed by atoms with Crippen LogP contribution in [0.3, 0.4) is 0 Å². The molecule has 1 saturated heterocycles. The fraction of sp³-hybridized carbons (Fsp3) is 0.889. The molecule has 4 nitrogen and oxygen atoms in total. The number of rotatable bonds is 3. The van der Waals surface area contributed by atoms with Gasteiger partial charge < -0.3 is 9.90 Å². The zero-order chi connectivity index (χ0) is 9.84. The van der Waals surface area contributed by atoms with Crippen LogP contribution in [-0.4, -0.2) is 59.6 Å². The molecule has 1 rings (SSSR count). The van der Waals surface area contributed by atoms with Gasteiger partial charge in [-0.05, 0) is 13.8 Å². The van der Waals surface area contributed by atoms with Crippen LogP contribution in [0.25, 0.3) is 0 Å². The predicted molar refractivity (Wildman–Crippen MR) is 50.4 cm³/mol. The van der Waals surface area contributed by atoms with Crippen LogP contribution in [0.4, 0.5) is 0 Å². The van der Waals surface area contributed by atoms with Crippen LogP contribution < -0.4 is 0 Å². The van der Waals surface area contributed by atoms with Gasteiger partial charge in [0, 0.05) is 26.2 Å². The van der Waals surface area contributed by atoms with Crippen molar-refractivity contribution in [2.24, 2.45) is 0 Å². The highest BCUT2D eigenvalue weighted by Gasteiger charge is 2.22. The number of hydrogen-bond donors (Lipinski definition) is 1. The Kier molecular flexibility index (Phi) is 3.84. The molecule has 1 aliphatic heterocycles. The Hall–Kier alpha value is -0.450. The van der Waals surface area contributed by atoms with E-state index in [0.717, 1.165) is 32.5 Å². The molecule has 1 heterocycles. The molecule has 0 radical (unpaired) electrons. The number of aliphatic hydroxyl groups is 1. The maximum Gasteiger partial charge on any atom is 0.136 e. The lowest BCUT2D eigenvalue weighted by Crippen LogP contribution is -2.52. The SMILES string of the molecule is CC(O)N1CCN(C(C)C=O)CC1. The van der Waals surface area contributed by atoms with Crippen molar-refractivity contribution < 1.29 is 9.90 Å². The van der Waals surface area contributed by atoms with Crippen LogP contribution in [0, 0.1) is 0 Å². The molecular formula is C9H18N2O2. The predicted octanol–water partition coefficient (Wildman–Crippen LogP) is -0.470. The molecule has 0 spiro atoms. The Morgan fingerprint density at radius 2 is 1.62 bits per heavy atom. The number of carbonyl (C=O) groups excluding carboxylic acids is 1. The first-order valence-electron chi connectivity index (χ1n) is 4.76. The Morgan fingerprint density at radius 1 is 1.15 bits per heavy atom. The molecule has 0 aromatic heterocycles. The van der Waals surface area contributed by atoms with Crippen molar-refractivity contribution in [3.05, 3.63) is 0 Å². The number of aliphatic hydroxyl groups excluding tert-OH is 1. The second-order valence-electron chi connectivity index (χ2n) is 3.58. The highest BCUT2D eigenvalue weighted by atomic mass is 16.3. The minimum Gasteiger partial charge on any atom is -0.379 e. The fourth-order valence-corrected chi connectivity index (χ4v) is 1.60. The molecule has 1 N–H and O–H groups in total. The second kappa shape index (κ2) is 4.69. The maximum absolute atomic E-state index is 10.5. The zero-order valence-electron chi connectivity index (χ0n) is 8.31. The van der Waals surface area contributed by atoms with E-state index >= 15 is 0 Å². The molecule has 2 unspecified atom stereocenters. The van der Waals surface area contributed by atoms with Crippen LogP contribution in [0.2, 0.25) is 0 Å². The van der Waals surface area contributed by atoms with Crippen molar-refractivity contribution in [2.75, 3.05) is 26.2 Å². The van der Waals surface area contributed by atoms with E-state index in [1.54, 1.807) is 6.92 Å². The third-order valence-electron chi connectivity index (χ3n) is 2.65. The highest BCUT2D eigenvalue weighted by Crippen LogP contribution is 2.06. The van der Waals surface area contributed by atoms with Crippen molar-refractivity contribution in [3.8, 4) is 0 Å². The van der Waals surface area contributed by atoms with Gasteiger partial charge in [-0.15, -0.1) is 0 Å². The molecule has 0 bridgehead atoms. The number of carbonyl (C=O) groups is 1.